The van der Waals surface area contributed by atoms with Crippen LogP contribution < -0.4 is 0 Å². The van der Waals surface area contributed by atoms with Gasteiger partial charge in [0, 0.05) is 37.6 Å². The molecule has 0 fully saturated rings. The zero-order chi connectivity index (χ0) is 23.7. The molecule has 0 radical (unpaired) electrons. The van der Waals surface area contributed by atoms with E-state index in [4.69, 9.17) is 0 Å². The molecule has 3 heterocycles. The van der Waals surface area contributed by atoms with Gasteiger partial charge in [-0.3, -0.25) is 19.7 Å². The summed E-state index contributed by atoms with van der Waals surface area (Å²) < 4.78 is 1.87. The second-order valence-electron chi connectivity index (χ2n) is 7.64. The number of ketones is 1. The predicted octanol–water partition coefficient (Wildman–Crippen LogP) is 3.53. The summed E-state index contributed by atoms with van der Waals surface area (Å²) in [5.74, 6) is -1.72. The molecular formula is C22H21N5O5S. The number of aliphatic hydroxyl groups excluding tert-OH is 1. The molecule has 1 aromatic carbocycles. The van der Waals surface area contributed by atoms with Gasteiger partial charge in [0.1, 0.15) is 0 Å². The molecular weight excluding hydrogens is 446 g/mol. The van der Waals surface area contributed by atoms with Gasteiger partial charge < -0.3 is 14.6 Å². The van der Waals surface area contributed by atoms with Crippen LogP contribution >= 0.6 is 11.3 Å². The average molecular weight is 468 g/mol. The number of rotatable bonds is 8. The van der Waals surface area contributed by atoms with Crippen LogP contribution in [0.5, 0.6) is 0 Å². The number of nitrogens with zero attached hydrogens (tertiary/aromatic N) is 5. The van der Waals surface area contributed by atoms with Crippen LogP contribution in [0.1, 0.15) is 38.4 Å². The van der Waals surface area contributed by atoms with Crippen LogP contribution in [0.25, 0.3) is 0 Å². The van der Waals surface area contributed by atoms with Crippen LogP contribution in [0.15, 0.2) is 54.3 Å². The van der Waals surface area contributed by atoms with E-state index in [0.29, 0.717) is 34.1 Å². The standard InChI is InChI=1S/C22H21N5O5S/c1-13-21(33-14(2)24-13)19(28)17-18(15-4-6-16(7-5-15)27(31)32)26(22(30)20(17)29)10-3-9-25-11-8-23-12-25/h4-8,11-12,18,29H,3,9-10H2,1-2H3. The highest BCUT2D eigenvalue weighted by molar-refractivity contribution is 7.14. The van der Waals surface area contributed by atoms with E-state index in [1.165, 1.54) is 40.5 Å². The number of carbonyl (C=O) groups is 2. The number of nitro groups is 1. The largest absolute Gasteiger partial charge is 0.503 e. The quantitative estimate of drug-likeness (QED) is 0.304. The Hall–Kier alpha value is -3.86. The molecule has 1 amide bonds. The number of benzene rings is 1. The molecule has 1 aliphatic heterocycles. The predicted molar refractivity (Wildman–Crippen MR) is 120 cm³/mol. The monoisotopic (exact) mass is 467 g/mol. The third-order valence-corrected chi connectivity index (χ3v) is 6.52. The number of Topliss-reactive ketones (excluding diaryl/α,β-unsaturated/α-hetero) is 1. The minimum Gasteiger partial charge on any atom is -0.503 e. The molecule has 10 nitrogen and oxygen atoms in total. The van der Waals surface area contributed by atoms with Gasteiger partial charge in [-0.1, -0.05) is 0 Å². The number of hydrogen-bond donors (Lipinski definition) is 1. The summed E-state index contributed by atoms with van der Waals surface area (Å²) >= 11 is 1.20. The fourth-order valence-electron chi connectivity index (χ4n) is 3.95. The van der Waals surface area contributed by atoms with E-state index in [9.17, 15) is 24.8 Å². The van der Waals surface area contributed by atoms with Crippen molar-refractivity contribution in [3.8, 4) is 0 Å². The molecule has 1 unspecified atom stereocenters. The van der Waals surface area contributed by atoms with Crippen LogP contribution in [-0.4, -0.2) is 47.7 Å². The Bertz CT molecular complexity index is 1250. The molecule has 4 rings (SSSR count). The third-order valence-electron chi connectivity index (χ3n) is 5.45. The maximum absolute atomic E-state index is 13.5. The second-order valence-corrected chi connectivity index (χ2v) is 8.85. The smallest absolute Gasteiger partial charge is 0.290 e. The van der Waals surface area contributed by atoms with E-state index in [1.54, 1.807) is 32.6 Å². The number of non-ortho nitro benzene ring substituents is 1. The van der Waals surface area contributed by atoms with Crippen molar-refractivity contribution in [1.29, 1.82) is 0 Å². The first-order chi connectivity index (χ1) is 15.8. The maximum atomic E-state index is 13.5. The molecule has 0 spiro atoms. The summed E-state index contributed by atoms with van der Waals surface area (Å²) in [5.41, 5.74) is 0.882. The van der Waals surface area contributed by atoms with Gasteiger partial charge in [-0.15, -0.1) is 11.3 Å². The van der Waals surface area contributed by atoms with E-state index >= 15 is 0 Å². The first-order valence-corrected chi connectivity index (χ1v) is 11.0. The number of aromatic nitrogens is 3. The van der Waals surface area contributed by atoms with Gasteiger partial charge >= 0.3 is 0 Å². The Labute approximate surface area is 193 Å². The lowest BCUT2D eigenvalue weighted by atomic mass is 9.95. The number of imidazole rings is 1. The fourth-order valence-corrected chi connectivity index (χ4v) is 4.82. The lowest BCUT2D eigenvalue weighted by Crippen LogP contribution is -2.32. The third kappa shape index (κ3) is 4.27. The van der Waals surface area contributed by atoms with Gasteiger partial charge in [-0.05, 0) is 38.0 Å². The highest BCUT2D eigenvalue weighted by Gasteiger charge is 2.44. The van der Waals surface area contributed by atoms with Crippen LogP contribution in [0.2, 0.25) is 0 Å². The van der Waals surface area contributed by atoms with Gasteiger partial charge in [0.15, 0.2) is 5.76 Å². The summed E-state index contributed by atoms with van der Waals surface area (Å²) in [6, 6.07) is 4.80. The molecule has 0 aliphatic carbocycles. The molecule has 0 saturated carbocycles. The molecule has 11 heteroatoms. The van der Waals surface area contributed by atoms with Gasteiger partial charge in [0.05, 0.1) is 38.4 Å². The van der Waals surface area contributed by atoms with E-state index in [-0.39, 0.29) is 17.8 Å². The maximum Gasteiger partial charge on any atom is 0.290 e. The Morgan fingerprint density at radius 3 is 2.55 bits per heavy atom. The van der Waals surface area contributed by atoms with Crippen LogP contribution in [0.4, 0.5) is 5.69 Å². The normalized spacial score (nSPS) is 16.0. The number of carbonyl (C=O) groups excluding carboxylic acids is 2. The van der Waals surface area contributed by atoms with Gasteiger partial charge in [0.2, 0.25) is 5.78 Å². The molecule has 1 N–H and O–H groups in total. The summed E-state index contributed by atoms with van der Waals surface area (Å²) in [6.07, 6.45) is 5.68. The minimum absolute atomic E-state index is 0.0387. The lowest BCUT2D eigenvalue weighted by Gasteiger charge is -2.26. The van der Waals surface area contributed by atoms with Crippen molar-refractivity contribution < 1.29 is 19.6 Å². The van der Waals surface area contributed by atoms with Crippen molar-refractivity contribution in [3.63, 3.8) is 0 Å². The van der Waals surface area contributed by atoms with Crippen molar-refractivity contribution in [2.45, 2.75) is 32.9 Å². The zero-order valence-corrected chi connectivity index (χ0v) is 18.8. The molecule has 33 heavy (non-hydrogen) atoms. The average Bonchev–Trinajstić information content (AvgIpc) is 3.48. The topological polar surface area (TPSA) is 131 Å². The van der Waals surface area contributed by atoms with Gasteiger partial charge in [-0.25, -0.2) is 9.97 Å². The highest BCUT2D eigenvalue weighted by atomic mass is 32.1. The van der Waals surface area contributed by atoms with Crippen LogP contribution in [0.3, 0.4) is 0 Å². The highest BCUT2D eigenvalue weighted by Crippen LogP contribution is 2.40. The summed E-state index contributed by atoms with van der Waals surface area (Å²) in [7, 11) is 0. The molecule has 1 aliphatic rings. The number of aryl methyl sites for hydroxylation is 3. The van der Waals surface area contributed by atoms with Crippen molar-refractivity contribution in [1.82, 2.24) is 19.4 Å². The molecule has 0 saturated heterocycles. The molecule has 1 atom stereocenters. The first kappa shape index (κ1) is 22.3. The molecule has 2 aromatic heterocycles. The summed E-state index contributed by atoms with van der Waals surface area (Å²) in [6.45, 7) is 4.34. The van der Waals surface area contributed by atoms with E-state index in [0.717, 1.165) is 0 Å². The number of amides is 1. The van der Waals surface area contributed by atoms with Crippen molar-refractivity contribution in [2.75, 3.05) is 6.54 Å². The number of hydrogen-bond acceptors (Lipinski definition) is 8. The SMILES string of the molecule is Cc1nc(C)c(C(=O)C2=C(O)C(=O)N(CCCn3ccnc3)C2c2ccc([N+](=O)[O-])cc2)s1. The molecule has 3 aromatic rings. The second kappa shape index (κ2) is 8.94. The lowest BCUT2D eigenvalue weighted by molar-refractivity contribution is -0.384. The summed E-state index contributed by atoms with van der Waals surface area (Å²) in [5, 5.41) is 22.5. The van der Waals surface area contributed by atoms with E-state index in [2.05, 4.69) is 9.97 Å². The van der Waals surface area contributed by atoms with Crippen LogP contribution in [-0.2, 0) is 11.3 Å². The number of nitro benzene ring substituents is 1. The van der Waals surface area contributed by atoms with Crippen molar-refractivity contribution in [3.05, 3.63) is 85.6 Å². The zero-order valence-electron chi connectivity index (χ0n) is 18.0. The van der Waals surface area contributed by atoms with Crippen LogP contribution in [0, 0.1) is 24.0 Å². The molecule has 0 bridgehead atoms. The van der Waals surface area contributed by atoms with Gasteiger partial charge in [0.25, 0.3) is 11.6 Å². The Kier molecular flexibility index (Phi) is 6.05. The minimum atomic E-state index is -0.865. The Morgan fingerprint density at radius 2 is 1.97 bits per heavy atom. The van der Waals surface area contributed by atoms with Crippen molar-refractivity contribution >= 4 is 28.7 Å². The van der Waals surface area contributed by atoms with Gasteiger partial charge in [-0.2, -0.15) is 0 Å². The Morgan fingerprint density at radius 1 is 1.24 bits per heavy atom. The van der Waals surface area contributed by atoms with E-state index in [1.807, 2.05) is 4.57 Å². The number of aliphatic hydroxyl groups is 1. The fraction of sp³-hybridized carbons (Fsp3) is 0.273. The molecule has 170 valence electrons. The summed E-state index contributed by atoms with van der Waals surface area (Å²) in [4.78, 5) is 47.1. The first-order valence-electron chi connectivity index (χ1n) is 10.2. The number of thiazole rings is 1. The van der Waals surface area contributed by atoms with Crippen molar-refractivity contribution in [2.24, 2.45) is 0 Å². The Balaban J connectivity index is 1.70. The van der Waals surface area contributed by atoms with E-state index < -0.39 is 28.4 Å².